The van der Waals surface area contributed by atoms with Gasteiger partial charge in [-0.25, -0.2) is 4.39 Å². The first kappa shape index (κ1) is 20.3. The zero-order valence-electron chi connectivity index (χ0n) is 17.0. The molecule has 0 N–H and O–H groups in total. The van der Waals surface area contributed by atoms with Crippen LogP contribution in [0.2, 0.25) is 0 Å². The number of benzene rings is 3. The normalized spacial score (nSPS) is 10.8. The van der Waals surface area contributed by atoms with Crippen LogP contribution in [0.25, 0.3) is 11.0 Å². The smallest absolute Gasteiger partial charge is 0.235 e. The molecule has 0 saturated heterocycles. The predicted octanol–water partition coefficient (Wildman–Crippen LogP) is 5.60. The molecule has 4 rings (SSSR count). The number of Topliss-reactive ketones (excluding diaryl/α,β-unsaturated/α-hetero) is 1. The van der Waals surface area contributed by atoms with Crippen molar-refractivity contribution in [2.24, 2.45) is 0 Å². The highest BCUT2D eigenvalue weighted by molar-refractivity contribution is 5.97. The minimum absolute atomic E-state index is 0.0299. The van der Waals surface area contributed by atoms with Crippen molar-refractivity contribution in [2.75, 3.05) is 6.61 Å². The minimum Gasteiger partial charge on any atom is -0.485 e. The van der Waals surface area contributed by atoms with Crippen molar-refractivity contribution in [3.05, 3.63) is 99.7 Å². The van der Waals surface area contributed by atoms with Gasteiger partial charge in [0.1, 0.15) is 28.7 Å². The van der Waals surface area contributed by atoms with E-state index in [0.717, 1.165) is 5.56 Å². The molecule has 156 valence electrons. The van der Waals surface area contributed by atoms with Crippen LogP contribution in [0.5, 0.6) is 17.2 Å². The Hall–Kier alpha value is -3.93. The lowest BCUT2D eigenvalue weighted by atomic mass is 10.1. The van der Waals surface area contributed by atoms with Crippen molar-refractivity contribution in [1.29, 1.82) is 0 Å². The largest absolute Gasteiger partial charge is 0.485 e. The number of hydrogen-bond acceptors (Lipinski definition) is 5. The maximum absolute atomic E-state index is 13.1. The summed E-state index contributed by atoms with van der Waals surface area (Å²) in [5.41, 5.74) is 1.59. The Morgan fingerprint density at radius 3 is 2.32 bits per heavy atom. The molecule has 6 heteroatoms. The van der Waals surface area contributed by atoms with E-state index in [9.17, 15) is 14.0 Å². The molecule has 5 nitrogen and oxygen atoms in total. The van der Waals surface area contributed by atoms with Crippen LogP contribution in [-0.4, -0.2) is 12.4 Å². The van der Waals surface area contributed by atoms with E-state index in [1.54, 1.807) is 37.3 Å². The summed E-state index contributed by atoms with van der Waals surface area (Å²) >= 11 is 0. The third kappa shape index (κ3) is 4.48. The topological polar surface area (TPSA) is 65.7 Å². The monoisotopic (exact) mass is 418 g/mol. The SMILES string of the molecule is Cc1ccc(C(=O)COc2ccc3c(=O)c(Oc4ccc(F)cc4)c(C)oc3c2)cc1. The van der Waals surface area contributed by atoms with Gasteiger partial charge < -0.3 is 13.9 Å². The number of ketones is 1. The average molecular weight is 418 g/mol. The van der Waals surface area contributed by atoms with Crippen molar-refractivity contribution >= 4 is 16.8 Å². The van der Waals surface area contributed by atoms with Gasteiger partial charge in [0.05, 0.1) is 5.39 Å². The van der Waals surface area contributed by atoms with Crippen molar-refractivity contribution in [3.63, 3.8) is 0 Å². The Morgan fingerprint density at radius 1 is 0.935 bits per heavy atom. The highest BCUT2D eigenvalue weighted by atomic mass is 19.1. The van der Waals surface area contributed by atoms with Gasteiger partial charge >= 0.3 is 0 Å². The van der Waals surface area contributed by atoms with Crippen LogP contribution >= 0.6 is 0 Å². The van der Waals surface area contributed by atoms with E-state index in [-0.39, 0.29) is 29.3 Å². The molecule has 0 amide bonds. The summed E-state index contributed by atoms with van der Waals surface area (Å²) < 4.78 is 30.1. The second-order valence-electron chi connectivity index (χ2n) is 7.11. The number of aryl methyl sites for hydroxylation is 2. The summed E-state index contributed by atoms with van der Waals surface area (Å²) in [6, 6.07) is 17.3. The Labute approximate surface area is 177 Å². The number of rotatable bonds is 6. The van der Waals surface area contributed by atoms with Gasteiger partial charge in [0.2, 0.25) is 11.2 Å². The summed E-state index contributed by atoms with van der Waals surface area (Å²) in [7, 11) is 0. The first-order chi connectivity index (χ1) is 14.9. The van der Waals surface area contributed by atoms with Crippen molar-refractivity contribution in [2.45, 2.75) is 13.8 Å². The number of carbonyl (C=O) groups excluding carboxylic acids is 1. The first-order valence-electron chi connectivity index (χ1n) is 9.64. The second-order valence-corrected chi connectivity index (χ2v) is 7.11. The molecule has 31 heavy (non-hydrogen) atoms. The zero-order valence-corrected chi connectivity index (χ0v) is 17.0. The number of fused-ring (bicyclic) bond motifs is 1. The van der Waals surface area contributed by atoms with Gasteiger partial charge in [0.15, 0.2) is 12.4 Å². The highest BCUT2D eigenvalue weighted by Crippen LogP contribution is 2.27. The Morgan fingerprint density at radius 2 is 1.61 bits per heavy atom. The van der Waals surface area contributed by atoms with E-state index in [4.69, 9.17) is 13.9 Å². The summed E-state index contributed by atoms with van der Waals surface area (Å²) in [6.45, 7) is 3.42. The summed E-state index contributed by atoms with van der Waals surface area (Å²) in [6.07, 6.45) is 0. The molecular weight excluding hydrogens is 399 g/mol. The van der Waals surface area contributed by atoms with E-state index < -0.39 is 5.82 Å². The molecule has 0 radical (unpaired) electrons. The molecule has 0 aliphatic rings. The van der Waals surface area contributed by atoms with E-state index in [1.165, 1.54) is 24.3 Å². The van der Waals surface area contributed by atoms with Crippen molar-refractivity contribution in [3.8, 4) is 17.2 Å². The number of ether oxygens (including phenoxy) is 2. The lowest BCUT2D eigenvalue weighted by Gasteiger charge is -2.10. The van der Waals surface area contributed by atoms with Crippen LogP contribution < -0.4 is 14.9 Å². The standard InChI is InChI=1S/C25H19FO5/c1-15-3-5-17(6-4-15)22(27)14-29-20-11-12-21-23(13-20)30-16(2)25(24(21)28)31-19-9-7-18(26)8-10-19/h3-13H,14H2,1-2H3. The van der Waals surface area contributed by atoms with Gasteiger partial charge in [-0.05, 0) is 50.2 Å². The van der Waals surface area contributed by atoms with Crippen molar-refractivity contribution < 1.29 is 23.1 Å². The molecule has 0 spiro atoms. The lowest BCUT2D eigenvalue weighted by molar-refractivity contribution is 0.0921. The molecular formula is C25H19FO5. The molecule has 0 atom stereocenters. The van der Waals surface area contributed by atoms with Crippen LogP contribution in [-0.2, 0) is 0 Å². The average Bonchev–Trinajstić information content (AvgIpc) is 2.76. The molecule has 4 aromatic rings. The molecule has 0 saturated carbocycles. The lowest BCUT2D eigenvalue weighted by Crippen LogP contribution is -2.12. The predicted molar refractivity (Wildman–Crippen MR) is 115 cm³/mol. The fourth-order valence-corrected chi connectivity index (χ4v) is 3.07. The molecule has 0 fully saturated rings. The maximum Gasteiger partial charge on any atom is 0.235 e. The first-order valence-corrected chi connectivity index (χ1v) is 9.64. The number of halogens is 1. The van der Waals surface area contributed by atoms with E-state index >= 15 is 0 Å². The van der Waals surface area contributed by atoms with Crippen LogP contribution in [0.3, 0.4) is 0 Å². The van der Waals surface area contributed by atoms with E-state index in [2.05, 4.69) is 0 Å². The number of carbonyl (C=O) groups is 1. The van der Waals surface area contributed by atoms with Crippen molar-refractivity contribution in [1.82, 2.24) is 0 Å². The van der Waals surface area contributed by atoms with E-state index in [1.807, 2.05) is 19.1 Å². The van der Waals surface area contributed by atoms with E-state index in [0.29, 0.717) is 28.0 Å². The Kier molecular flexibility index (Phi) is 5.54. The molecule has 1 aromatic heterocycles. The van der Waals surface area contributed by atoms with Gasteiger partial charge in [-0.2, -0.15) is 0 Å². The van der Waals surface area contributed by atoms with Crippen LogP contribution in [0.1, 0.15) is 21.7 Å². The quantitative estimate of drug-likeness (QED) is 0.381. The summed E-state index contributed by atoms with van der Waals surface area (Å²) in [5.74, 6) is 0.481. The van der Waals surface area contributed by atoms with Gasteiger partial charge in [0, 0.05) is 11.6 Å². The maximum atomic E-state index is 13.1. The fourth-order valence-electron chi connectivity index (χ4n) is 3.07. The third-order valence-electron chi connectivity index (χ3n) is 4.76. The fraction of sp³-hybridized carbons (Fsp3) is 0.120. The summed E-state index contributed by atoms with van der Waals surface area (Å²) in [5, 5.41) is 0.305. The molecule has 0 bridgehead atoms. The highest BCUT2D eigenvalue weighted by Gasteiger charge is 2.15. The second kappa shape index (κ2) is 8.44. The van der Waals surface area contributed by atoms with Gasteiger partial charge in [0.25, 0.3) is 0 Å². The molecule has 0 aliphatic carbocycles. The zero-order chi connectivity index (χ0) is 22.0. The minimum atomic E-state index is -0.400. The van der Waals surface area contributed by atoms with Gasteiger partial charge in [-0.15, -0.1) is 0 Å². The molecule has 3 aromatic carbocycles. The summed E-state index contributed by atoms with van der Waals surface area (Å²) in [4.78, 5) is 25.2. The van der Waals surface area contributed by atoms with Crippen LogP contribution in [0, 0.1) is 19.7 Å². The number of hydrogen-bond donors (Lipinski definition) is 0. The van der Waals surface area contributed by atoms with Crippen LogP contribution in [0.15, 0.2) is 75.9 Å². The Balaban J connectivity index is 1.55. The van der Waals surface area contributed by atoms with Crippen LogP contribution in [0.4, 0.5) is 4.39 Å². The van der Waals surface area contributed by atoms with Gasteiger partial charge in [-0.1, -0.05) is 29.8 Å². The molecule has 0 unspecified atom stereocenters. The molecule has 1 heterocycles. The Bertz CT molecular complexity index is 1310. The third-order valence-corrected chi connectivity index (χ3v) is 4.76. The molecule has 0 aliphatic heterocycles. The van der Waals surface area contributed by atoms with Gasteiger partial charge in [-0.3, -0.25) is 9.59 Å².